The predicted molar refractivity (Wildman–Crippen MR) is 124 cm³/mol. The monoisotopic (exact) mass is 453 g/mol. The third-order valence-corrected chi connectivity index (χ3v) is 7.38. The van der Waals surface area contributed by atoms with E-state index < -0.39 is 35.2 Å². The Kier molecular flexibility index (Phi) is 4.36. The molecule has 0 aromatic heterocycles. The highest BCUT2D eigenvalue weighted by Gasteiger charge is 2.71. The summed E-state index contributed by atoms with van der Waals surface area (Å²) in [6.45, 7) is 0. The molecule has 0 saturated carbocycles. The summed E-state index contributed by atoms with van der Waals surface area (Å²) in [5, 5.41) is 0. The molecular formula is C28H20FNO4. The minimum atomic E-state index is -1.59. The summed E-state index contributed by atoms with van der Waals surface area (Å²) in [5.41, 5.74) is 1.25. The second-order valence-corrected chi connectivity index (χ2v) is 8.84. The quantitative estimate of drug-likeness (QED) is 0.424. The molecule has 0 N–H and O–H groups in total. The first-order valence-corrected chi connectivity index (χ1v) is 11.1. The first kappa shape index (κ1) is 20.5. The number of carbonyl (C=O) groups is 3. The van der Waals surface area contributed by atoms with Gasteiger partial charge in [0.1, 0.15) is 17.3 Å². The molecule has 6 rings (SSSR count). The number of anilines is 1. The van der Waals surface area contributed by atoms with Crippen LogP contribution in [0.4, 0.5) is 10.1 Å². The Bertz CT molecular complexity index is 1360. The second-order valence-electron chi connectivity index (χ2n) is 8.84. The SMILES string of the molecule is COC(=O)[C@H]1[C@H](c2ccc(F)cc2)C2(C(=O)c3ccccc3C2=O)C2C=Cc3ccccc3N21. The average molecular weight is 453 g/mol. The van der Waals surface area contributed by atoms with Crippen molar-refractivity contribution >= 4 is 29.3 Å². The highest BCUT2D eigenvalue weighted by Crippen LogP contribution is 2.60. The minimum Gasteiger partial charge on any atom is -0.467 e. The summed E-state index contributed by atoms with van der Waals surface area (Å²) in [7, 11) is 1.29. The van der Waals surface area contributed by atoms with Crippen molar-refractivity contribution in [2.75, 3.05) is 12.0 Å². The normalized spacial score (nSPS) is 23.6. The van der Waals surface area contributed by atoms with Gasteiger partial charge in [-0.25, -0.2) is 9.18 Å². The van der Waals surface area contributed by atoms with E-state index in [0.29, 0.717) is 16.7 Å². The number of para-hydroxylation sites is 1. The summed E-state index contributed by atoms with van der Waals surface area (Å²) in [5.74, 6) is -2.53. The van der Waals surface area contributed by atoms with E-state index in [1.165, 1.54) is 19.2 Å². The van der Waals surface area contributed by atoms with Crippen LogP contribution in [0.3, 0.4) is 0 Å². The minimum absolute atomic E-state index is 0.326. The van der Waals surface area contributed by atoms with Gasteiger partial charge in [0.25, 0.3) is 0 Å². The first-order valence-electron chi connectivity index (χ1n) is 11.1. The third kappa shape index (κ3) is 2.45. The first-order chi connectivity index (χ1) is 16.5. The molecule has 2 aliphatic heterocycles. The van der Waals surface area contributed by atoms with Gasteiger partial charge in [-0.15, -0.1) is 0 Å². The second kappa shape index (κ2) is 7.22. The molecule has 1 unspecified atom stereocenters. The highest BCUT2D eigenvalue weighted by atomic mass is 19.1. The maximum Gasteiger partial charge on any atom is 0.329 e. The lowest BCUT2D eigenvalue weighted by molar-refractivity contribution is -0.142. The highest BCUT2D eigenvalue weighted by molar-refractivity contribution is 6.32. The van der Waals surface area contributed by atoms with Crippen molar-refractivity contribution in [1.82, 2.24) is 0 Å². The van der Waals surface area contributed by atoms with Gasteiger partial charge in [-0.1, -0.05) is 66.7 Å². The molecule has 34 heavy (non-hydrogen) atoms. The van der Waals surface area contributed by atoms with E-state index in [-0.39, 0.29) is 11.6 Å². The van der Waals surface area contributed by atoms with Gasteiger partial charge in [0.2, 0.25) is 0 Å². The van der Waals surface area contributed by atoms with Gasteiger partial charge in [-0.2, -0.15) is 0 Å². The molecule has 3 aliphatic rings. The summed E-state index contributed by atoms with van der Waals surface area (Å²) in [6, 6.07) is 18.3. The largest absolute Gasteiger partial charge is 0.467 e. The predicted octanol–water partition coefficient (Wildman–Crippen LogP) is 4.43. The van der Waals surface area contributed by atoms with Crippen molar-refractivity contribution < 1.29 is 23.5 Å². The lowest BCUT2D eigenvalue weighted by Crippen LogP contribution is -2.48. The van der Waals surface area contributed by atoms with Crippen molar-refractivity contribution in [2.24, 2.45) is 5.41 Å². The fourth-order valence-corrected chi connectivity index (χ4v) is 6.05. The van der Waals surface area contributed by atoms with Crippen LogP contribution in [0, 0.1) is 11.2 Å². The molecule has 1 fully saturated rings. The lowest BCUT2D eigenvalue weighted by atomic mass is 9.65. The zero-order valence-electron chi connectivity index (χ0n) is 18.3. The van der Waals surface area contributed by atoms with Gasteiger partial charge in [0.15, 0.2) is 11.6 Å². The van der Waals surface area contributed by atoms with Crippen molar-refractivity contribution in [2.45, 2.75) is 18.0 Å². The van der Waals surface area contributed by atoms with E-state index in [4.69, 9.17) is 4.74 Å². The number of fused-ring (bicyclic) bond motifs is 5. The molecule has 6 heteroatoms. The summed E-state index contributed by atoms with van der Waals surface area (Å²) >= 11 is 0. The average Bonchev–Trinajstić information content (AvgIpc) is 3.31. The Labute approximate surface area is 195 Å². The Morgan fingerprint density at radius 2 is 1.53 bits per heavy atom. The Morgan fingerprint density at radius 3 is 2.18 bits per heavy atom. The number of methoxy groups -OCH3 is 1. The van der Waals surface area contributed by atoms with E-state index in [1.807, 2.05) is 41.3 Å². The van der Waals surface area contributed by atoms with Crippen molar-refractivity contribution in [3.63, 3.8) is 0 Å². The molecule has 1 aliphatic carbocycles. The van der Waals surface area contributed by atoms with Gasteiger partial charge in [0.05, 0.1) is 13.2 Å². The molecule has 1 spiro atoms. The number of carbonyl (C=O) groups excluding carboxylic acids is 3. The van der Waals surface area contributed by atoms with Crippen LogP contribution in [0.5, 0.6) is 0 Å². The standard InChI is InChI=1S/C28H20FNO4/c1-34-27(33)24-23(17-10-13-18(29)14-11-17)28(25(31)19-7-3-4-8-20(19)26(28)32)22-15-12-16-6-2-5-9-21(16)30(22)24/h2-15,22-24H,1H3/t22?,23-,24+/m0/s1. The van der Waals surface area contributed by atoms with Crippen LogP contribution >= 0.6 is 0 Å². The summed E-state index contributed by atoms with van der Waals surface area (Å²) in [6.07, 6.45) is 3.73. The lowest BCUT2D eigenvalue weighted by Gasteiger charge is -2.36. The van der Waals surface area contributed by atoms with Gasteiger partial charge < -0.3 is 9.64 Å². The van der Waals surface area contributed by atoms with Gasteiger partial charge in [-0.05, 0) is 29.3 Å². The maximum absolute atomic E-state index is 14.2. The smallest absolute Gasteiger partial charge is 0.329 e. The molecule has 3 atom stereocenters. The van der Waals surface area contributed by atoms with E-state index in [9.17, 15) is 18.8 Å². The van der Waals surface area contributed by atoms with Crippen LogP contribution in [0.1, 0.15) is 37.8 Å². The molecule has 5 nitrogen and oxygen atoms in total. The van der Waals surface area contributed by atoms with Gasteiger partial charge in [-0.3, -0.25) is 9.59 Å². The molecule has 3 aromatic rings. The van der Waals surface area contributed by atoms with E-state index >= 15 is 0 Å². The Morgan fingerprint density at radius 1 is 0.912 bits per heavy atom. The number of Topliss-reactive ketones (excluding diaryl/α,β-unsaturated/α-hetero) is 2. The van der Waals surface area contributed by atoms with Gasteiger partial charge >= 0.3 is 5.97 Å². The van der Waals surface area contributed by atoms with Crippen LogP contribution in [-0.4, -0.2) is 36.7 Å². The van der Waals surface area contributed by atoms with Crippen LogP contribution in [-0.2, 0) is 9.53 Å². The van der Waals surface area contributed by atoms with Crippen molar-refractivity contribution in [3.8, 4) is 0 Å². The molecule has 2 heterocycles. The number of nitrogens with zero attached hydrogens (tertiary/aromatic N) is 1. The third-order valence-electron chi connectivity index (χ3n) is 7.38. The van der Waals surface area contributed by atoms with Crippen LogP contribution < -0.4 is 4.90 Å². The molecule has 1 saturated heterocycles. The molecule has 0 amide bonds. The number of rotatable bonds is 2. The van der Waals surface area contributed by atoms with Crippen molar-refractivity contribution in [3.05, 3.63) is 107 Å². The fourth-order valence-electron chi connectivity index (χ4n) is 6.05. The zero-order valence-corrected chi connectivity index (χ0v) is 18.3. The Balaban J connectivity index is 1.69. The fraction of sp³-hybridized carbons (Fsp3) is 0.179. The van der Waals surface area contributed by atoms with E-state index in [0.717, 1.165) is 11.3 Å². The van der Waals surface area contributed by atoms with Gasteiger partial charge in [0, 0.05) is 22.7 Å². The molecule has 3 aromatic carbocycles. The molecule has 0 radical (unpaired) electrons. The number of esters is 1. The van der Waals surface area contributed by atoms with Crippen molar-refractivity contribution in [1.29, 1.82) is 0 Å². The molecular weight excluding hydrogens is 433 g/mol. The number of ketones is 2. The number of hydrogen-bond acceptors (Lipinski definition) is 5. The topological polar surface area (TPSA) is 63.7 Å². The molecule has 168 valence electrons. The van der Waals surface area contributed by atoms with Crippen LogP contribution in [0.2, 0.25) is 0 Å². The maximum atomic E-state index is 14.2. The molecule has 0 bridgehead atoms. The summed E-state index contributed by atoms with van der Waals surface area (Å²) in [4.78, 5) is 43.6. The number of benzene rings is 3. The number of ether oxygens (including phenoxy) is 1. The van der Waals surface area contributed by atoms with Crippen LogP contribution in [0.25, 0.3) is 6.08 Å². The van der Waals surface area contributed by atoms with E-state index in [2.05, 4.69) is 0 Å². The van der Waals surface area contributed by atoms with Crippen LogP contribution in [0.15, 0.2) is 78.9 Å². The summed E-state index contributed by atoms with van der Waals surface area (Å²) < 4.78 is 19.1. The number of hydrogen-bond donors (Lipinski definition) is 0. The Hall–Kier alpha value is -4.06. The zero-order chi connectivity index (χ0) is 23.6. The number of halogens is 1. The van der Waals surface area contributed by atoms with E-state index in [1.54, 1.807) is 36.4 Å².